The zero-order valence-corrected chi connectivity index (χ0v) is 39.0. The van der Waals surface area contributed by atoms with Crippen molar-refractivity contribution in [3.8, 4) is 16.8 Å². The van der Waals surface area contributed by atoms with Gasteiger partial charge in [0.05, 0.1) is 11.0 Å². The zero-order valence-electron chi connectivity index (χ0n) is 38.2. The molecular weight excluding hydrogens is 784 g/mol. The Balaban J connectivity index is 1.29. The van der Waals surface area contributed by atoms with Gasteiger partial charge >= 0.3 is 6.85 Å². The molecule has 0 spiro atoms. The van der Waals surface area contributed by atoms with Crippen LogP contribution in [0, 0.1) is 0 Å². The molecule has 0 fully saturated rings. The van der Waals surface area contributed by atoms with Gasteiger partial charge in [0, 0.05) is 69.9 Å². The molecule has 13 rings (SSSR count). The van der Waals surface area contributed by atoms with Crippen LogP contribution < -0.4 is 15.7 Å². The van der Waals surface area contributed by atoms with Gasteiger partial charge in [0.15, 0.2) is 0 Å². The Morgan fingerprint density at radius 1 is 0.603 bits per heavy atom. The highest BCUT2D eigenvalue weighted by molar-refractivity contribution is 7.25. The predicted molar refractivity (Wildman–Crippen MR) is 273 cm³/mol. The van der Waals surface area contributed by atoms with Crippen molar-refractivity contribution in [2.75, 3.05) is 4.81 Å². The van der Waals surface area contributed by atoms with Crippen LogP contribution in [0.1, 0.15) is 104 Å². The smallest absolute Gasteiger partial charge is 0.333 e. The van der Waals surface area contributed by atoms with Crippen molar-refractivity contribution in [1.82, 2.24) is 4.57 Å². The van der Waals surface area contributed by atoms with Gasteiger partial charge in [-0.25, -0.2) is 0 Å². The molecule has 0 atom stereocenters. The molecule has 63 heavy (non-hydrogen) atoms. The van der Waals surface area contributed by atoms with Crippen molar-refractivity contribution in [3.05, 3.63) is 138 Å². The van der Waals surface area contributed by atoms with Crippen molar-refractivity contribution in [2.45, 2.75) is 104 Å². The van der Waals surface area contributed by atoms with Gasteiger partial charge in [-0.15, -0.1) is 11.3 Å². The Morgan fingerprint density at radius 3 is 2.00 bits per heavy atom. The van der Waals surface area contributed by atoms with Crippen LogP contribution in [-0.2, 0) is 21.7 Å². The third kappa shape index (κ3) is 4.98. The van der Waals surface area contributed by atoms with E-state index in [1.807, 2.05) is 11.3 Å². The number of thiophene rings is 1. The van der Waals surface area contributed by atoms with Crippen molar-refractivity contribution in [2.24, 2.45) is 0 Å². The van der Waals surface area contributed by atoms with Crippen LogP contribution in [0.2, 0.25) is 0 Å². The lowest BCUT2D eigenvalue weighted by Crippen LogP contribution is -2.60. The van der Waals surface area contributed by atoms with E-state index in [-0.39, 0.29) is 28.5 Å². The summed E-state index contributed by atoms with van der Waals surface area (Å²) in [4.78, 5) is 2.70. The van der Waals surface area contributed by atoms with E-state index in [0.29, 0.717) is 0 Å². The Kier molecular flexibility index (Phi) is 7.23. The number of para-hydroxylation sites is 1. The molecule has 10 aromatic rings. The SMILES string of the molecule is CC(C)(C)c1ccc(N2B3c4cc(C(C)(C)C)ccc4-n4c5cc6c(cc5c5c7c(oc8ccccc87)c(c3c54)-c3cc4c(cc32)sc2ccccc24)C(C)(C)CCC6(C)C)cc1. The highest BCUT2D eigenvalue weighted by Crippen LogP contribution is 2.55. The molecule has 0 N–H and O–H groups in total. The maximum absolute atomic E-state index is 7.35. The molecule has 3 aliphatic rings. The molecule has 0 saturated heterocycles. The lowest BCUT2D eigenvalue weighted by Gasteiger charge is -2.43. The fourth-order valence-electron chi connectivity index (χ4n) is 11.9. The van der Waals surface area contributed by atoms with Gasteiger partial charge in [-0.2, -0.15) is 0 Å². The first-order chi connectivity index (χ1) is 30.0. The number of rotatable bonds is 1. The molecule has 3 aromatic heterocycles. The van der Waals surface area contributed by atoms with Gasteiger partial charge in [0.1, 0.15) is 11.2 Å². The largest absolute Gasteiger partial charge is 0.455 e. The number of hydrogen-bond donors (Lipinski definition) is 0. The molecule has 310 valence electrons. The molecule has 0 saturated carbocycles. The molecule has 5 heterocycles. The lowest BCUT2D eigenvalue weighted by molar-refractivity contribution is 0.332. The Morgan fingerprint density at radius 2 is 1.27 bits per heavy atom. The second kappa shape index (κ2) is 12.1. The van der Waals surface area contributed by atoms with Gasteiger partial charge in [-0.1, -0.05) is 130 Å². The highest BCUT2D eigenvalue weighted by Gasteiger charge is 2.47. The van der Waals surface area contributed by atoms with E-state index in [2.05, 4.69) is 194 Å². The zero-order chi connectivity index (χ0) is 43.3. The molecule has 0 radical (unpaired) electrons. The van der Waals surface area contributed by atoms with Gasteiger partial charge in [-0.05, 0) is 122 Å². The molecule has 0 bridgehead atoms. The van der Waals surface area contributed by atoms with Crippen LogP contribution in [0.4, 0.5) is 11.4 Å². The summed E-state index contributed by atoms with van der Waals surface area (Å²) >= 11 is 1.90. The predicted octanol–water partition coefficient (Wildman–Crippen LogP) is 15.2. The molecule has 3 nitrogen and oxygen atoms in total. The molecule has 7 aromatic carbocycles. The second-order valence-corrected chi connectivity index (χ2v) is 23.5. The summed E-state index contributed by atoms with van der Waals surface area (Å²) in [6.45, 7) is 23.7. The number of hydrogen-bond acceptors (Lipinski definition) is 3. The van der Waals surface area contributed by atoms with Crippen LogP contribution in [0.3, 0.4) is 0 Å². The monoisotopic (exact) mass is 836 g/mol. The average molecular weight is 837 g/mol. The average Bonchev–Trinajstić information content (AvgIpc) is 3.92. The van der Waals surface area contributed by atoms with E-state index >= 15 is 0 Å². The third-order valence-corrected chi connectivity index (χ3v) is 16.7. The summed E-state index contributed by atoms with van der Waals surface area (Å²) in [5.41, 5.74) is 19.2. The first-order valence-corrected chi connectivity index (χ1v) is 23.8. The van der Waals surface area contributed by atoms with Crippen LogP contribution in [0.25, 0.3) is 80.7 Å². The maximum atomic E-state index is 7.35. The Bertz CT molecular complexity index is 3650. The van der Waals surface area contributed by atoms with E-state index in [0.717, 1.165) is 11.2 Å². The summed E-state index contributed by atoms with van der Waals surface area (Å²) in [7, 11) is 0. The summed E-state index contributed by atoms with van der Waals surface area (Å²) in [6, 6.07) is 44.8. The Labute approximate surface area is 374 Å². The van der Waals surface area contributed by atoms with Crippen molar-refractivity contribution in [1.29, 1.82) is 0 Å². The number of aromatic nitrogens is 1. The number of benzene rings is 7. The van der Waals surface area contributed by atoms with Crippen LogP contribution in [0.5, 0.6) is 0 Å². The molecule has 5 heteroatoms. The van der Waals surface area contributed by atoms with E-state index in [1.165, 1.54) is 127 Å². The van der Waals surface area contributed by atoms with E-state index in [1.54, 1.807) is 0 Å². The summed E-state index contributed by atoms with van der Waals surface area (Å²) in [5.74, 6) is 0. The minimum atomic E-state index is -0.114. The van der Waals surface area contributed by atoms with Crippen molar-refractivity contribution >= 4 is 104 Å². The minimum absolute atomic E-state index is 0.0372. The lowest BCUT2D eigenvalue weighted by atomic mass is 9.43. The summed E-state index contributed by atoms with van der Waals surface area (Å²) in [5, 5.41) is 7.66. The van der Waals surface area contributed by atoms with Crippen molar-refractivity contribution in [3.63, 3.8) is 0 Å². The normalized spacial score (nSPS) is 16.5. The standard InChI is InChI=1S/C58H53BN2OS/c1-55(2,3)32-19-22-34(23-20-32)61-45-31-48-37(35-15-12-14-18-47(35)63-48)28-38(45)51-52-53-49(50-36-16-11-13-17-46(36)62-54(50)51)39-29-40-41(58(9,10)26-25-57(40,7)8)30-44(39)60(53)43-24-21-33(56(4,5)6)27-42(43)59(52)61/h11-24,27-31H,25-26H2,1-10H3. The quantitative estimate of drug-likeness (QED) is 0.154. The van der Waals surface area contributed by atoms with Crippen LogP contribution in [0.15, 0.2) is 120 Å². The molecule has 0 unspecified atom stereocenters. The van der Waals surface area contributed by atoms with Crippen molar-refractivity contribution < 1.29 is 4.42 Å². The first-order valence-electron chi connectivity index (χ1n) is 23.0. The highest BCUT2D eigenvalue weighted by atomic mass is 32.1. The maximum Gasteiger partial charge on any atom is 0.333 e. The number of anilines is 2. The van der Waals surface area contributed by atoms with Crippen LogP contribution in [-0.4, -0.2) is 11.4 Å². The number of fused-ring (bicyclic) bond motifs is 17. The van der Waals surface area contributed by atoms with Crippen LogP contribution >= 0.6 is 11.3 Å². The van der Waals surface area contributed by atoms with E-state index in [9.17, 15) is 0 Å². The van der Waals surface area contributed by atoms with E-state index in [4.69, 9.17) is 4.42 Å². The van der Waals surface area contributed by atoms with Gasteiger partial charge < -0.3 is 13.8 Å². The second-order valence-electron chi connectivity index (χ2n) is 22.4. The molecule has 1 aliphatic carbocycles. The first kappa shape index (κ1) is 37.8. The fourth-order valence-corrected chi connectivity index (χ4v) is 13.0. The molecule has 0 amide bonds. The molecular formula is C58H53BN2OS. The minimum Gasteiger partial charge on any atom is -0.455 e. The van der Waals surface area contributed by atoms with Gasteiger partial charge in [-0.3, -0.25) is 0 Å². The van der Waals surface area contributed by atoms with Gasteiger partial charge in [0.25, 0.3) is 0 Å². The van der Waals surface area contributed by atoms with E-state index < -0.39 is 0 Å². The number of furan rings is 1. The third-order valence-electron chi connectivity index (χ3n) is 15.5. The summed E-state index contributed by atoms with van der Waals surface area (Å²) < 4.78 is 12.7. The Hall–Kier alpha value is -5.78. The molecule has 2 aliphatic heterocycles. The van der Waals surface area contributed by atoms with Gasteiger partial charge in [0.2, 0.25) is 0 Å². The summed E-state index contributed by atoms with van der Waals surface area (Å²) in [6.07, 6.45) is 2.34. The fraction of sp³-hybridized carbons (Fsp3) is 0.276. The number of nitrogens with zero attached hydrogens (tertiary/aromatic N) is 2. The topological polar surface area (TPSA) is 21.3 Å².